The minimum atomic E-state index is 0.554. The molecule has 1 aromatic carbocycles. The highest BCUT2D eigenvalue weighted by Gasteiger charge is 2.10. The molecule has 0 amide bonds. The van der Waals surface area contributed by atoms with Crippen LogP contribution in [0.15, 0.2) is 64.8 Å². The molecule has 0 aliphatic rings. The number of aromatic nitrogens is 3. The van der Waals surface area contributed by atoms with Gasteiger partial charge in [0, 0.05) is 35.9 Å². The lowest BCUT2D eigenvalue weighted by Gasteiger charge is -2.09. The summed E-state index contributed by atoms with van der Waals surface area (Å²) in [4.78, 5) is 11.1. The summed E-state index contributed by atoms with van der Waals surface area (Å²) >= 11 is 15.7. The summed E-state index contributed by atoms with van der Waals surface area (Å²) in [5, 5.41) is 5.41. The minimum absolute atomic E-state index is 0.554. The Hall–Kier alpha value is -1.86. The van der Waals surface area contributed by atoms with Gasteiger partial charge in [-0.05, 0) is 36.1 Å². The summed E-state index contributed by atoms with van der Waals surface area (Å²) < 4.78 is 4.35. The molecule has 27 heavy (non-hydrogen) atoms. The first-order chi connectivity index (χ1) is 13.2. The Morgan fingerprint density at radius 1 is 1.11 bits per heavy atom. The minimum Gasteiger partial charge on any atom is -0.337 e. The highest BCUT2D eigenvalue weighted by atomic mass is 35.5. The van der Waals surface area contributed by atoms with E-state index in [2.05, 4.69) is 37.0 Å². The lowest BCUT2D eigenvalue weighted by molar-refractivity contribution is 0.559. The fourth-order valence-electron chi connectivity index (χ4n) is 2.76. The van der Waals surface area contributed by atoms with E-state index in [0.717, 1.165) is 30.0 Å². The van der Waals surface area contributed by atoms with Crippen LogP contribution >= 0.6 is 45.9 Å². The van der Waals surface area contributed by atoms with Crippen molar-refractivity contribution in [1.82, 2.24) is 14.1 Å². The molecule has 0 saturated carbocycles. The molecule has 0 bridgehead atoms. The molecule has 0 N–H and O–H groups in total. The number of hydrogen-bond donors (Lipinski definition) is 0. The Labute approximate surface area is 175 Å². The Balaban J connectivity index is 1.69. The molecule has 0 unspecified atom stereocenters. The van der Waals surface area contributed by atoms with E-state index in [1.807, 2.05) is 24.7 Å². The van der Waals surface area contributed by atoms with E-state index in [-0.39, 0.29) is 0 Å². The zero-order valence-electron chi connectivity index (χ0n) is 14.3. The molecule has 3 heterocycles. The molecule has 0 fully saturated rings. The number of hydrogen-bond acceptors (Lipinski definition) is 4. The number of thiophene rings is 1. The molecule has 4 nitrogen and oxygen atoms in total. The van der Waals surface area contributed by atoms with Crippen LogP contribution in [-0.4, -0.2) is 14.1 Å². The van der Waals surface area contributed by atoms with Gasteiger partial charge in [-0.2, -0.15) is 0 Å². The van der Waals surface area contributed by atoms with E-state index < -0.39 is 0 Å². The molecule has 4 aromatic rings. The van der Waals surface area contributed by atoms with Crippen LogP contribution in [0.1, 0.15) is 6.42 Å². The second kappa shape index (κ2) is 8.44. The lowest BCUT2D eigenvalue weighted by Crippen LogP contribution is -2.17. The van der Waals surface area contributed by atoms with Crippen molar-refractivity contribution in [2.24, 2.45) is 4.99 Å². The van der Waals surface area contributed by atoms with Gasteiger partial charge in [0.05, 0.1) is 27.6 Å². The third kappa shape index (κ3) is 4.35. The normalized spacial score (nSPS) is 12.0. The third-order valence-electron chi connectivity index (χ3n) is 4.05. The molecule has 8 heteroatoms. The van der Waals surface area contributed by atoms with Gasteiger partial charge in [0.15, 0.2) is 4.80 Å². The highest BCUT2D eigenvalue weighted by Crippen LogP contribution is 2.29. The maximum Gasteiger partial charge on any atom is 0.190 e. The Morgan fingerprint density at radius 3 is 2.78 bits per heavy atom. The summed E-state index contributed by atoms with van der Waals surface area (Å²) in [6, 6.07) is 9.59. The maximum absolute atomic E-state index is 6.32. The number of imidazole rings is 1. The fraction of sp³-hybridized carbons (Fsp3) is 0.158. The quantitative estimate of drug-likeness (QED) is 0.360. The van der Waals surface area contributed by atoms with E-state index in [1.165, 1.54) is 10.6 Å². The first-order valence-electron chi connectivity index (χ1n) is 8.38. The van der Waals surface area contributed by atoms with Gasteiger partial charge in [0.25, 0.3) is 0 Å². The van der Waals surface area contributed by atoms with Crippen molar-refractivity contribution >= 4 is 51.6 Å². The van der Waals surface area contributed by atoms with Gasteiger partial charge in [0.1, 0.15) is 0 Å². The molecule has 138 valence electrons. The van der Waals surface area contributed by atoms with Crippen molar-refractivity contribution in [1.29, 1.82) is 0 Å². The monoisotopic (exact) mass is 434 g/mol. The SMILES string of the molecule is Clc1ccc(N=c2scc(-c3cccs3)n2CCCn2ccnc2)c(Cl)c1. The van der Waals surface area contributed by atoms with E-state index in [9.17, 15) is 0 Å². The number of benzene rings is 1. The first-order valence-corrected chi connectivity index (χ1v) is 10.9. The van der Waals surface area contributed by atoms with E-state index in [4.69, 9.17) is 28.2 Å². The lowest BCUT2D eigenvalue weighted by atomic mass is 10.3. The number of aryl methyl sites for hydroxylation is 1. The van der Waals surface area contributed by atoms with Crippen LogP contribution in [0.5, 0.6) is 0 Å². The van der Waals surface area contributed by atoms with Crippen molar-refractivity contribution in [2.45, 2.75) is 19.5 Å². The summed E-state index contributed by atoms with van der Waals surface area (Å²) in [7, 11) is 0. The van der Waals surface area contributed by atoms with Crippen molar-refractivity contribution in [2.75, 3.05) is 0 Å². The molecule has 0 radical (unpaired) electrons. The second-order valence-corrected chi connectivity index (χ2v) is 8.52. The summed E-state index contributed by atoms with van der Waals surface area (Å²) in [5.41, 5.74) is 1.91. The molecule has 0 saturated heterocycles. The van der Waals surface area contributed by atoms with Gasteiger partial charge >= 0.3 is 0 Å². The Morgan fingerprint density at radius 2 is 2.04 bits per heavy atom. The molecule has 0 atom stereocenters. The number of halogens is 2. The predicted molar refractivity (Wildman–Crippen MR) is 114 cm³/mol. The molecular formula is C19H16Cl2N4S2. The van der Waals surface area contributed by atoms with E-state index in [1.54, 1.807) is 34.9 Å². The van der Waals surface area contributed by atoms with Crippen LogP contribution in [0.4, 0.5) is 5.69 Å². The van der Waals surface area contributed by atoms with Crippen LogP contribution < -0.4 is 4.80 Å². The molecule has 0 aliphatic carbocycles. The van der Waals surface area contributed by atoms with Crippen LogP contribution in [0.3, 0.4) is 0 Å². The van der Waals surface area contributed by atoms with Crippen LogP contribution in [0.2, 0.25) is 10.0 Å². The van der Waals surface area contributed by atoms with Gasteiger partial charge in [-0.1, -0.05) is 29.3 Å². The molecule has 0 aliphatic heterocycles. The van der Waals surface area contributed by atoms with Crippen molar-refractivity contribution < 1.29 is 0 Å². The van der Waals surface area contributed by atoms with Gasteiger partial charge in [-0.15, -0.1) is 22.7 Å². The predicted octanol–water partition coefficient (Wildman–Crippen LogP) is 6.10. The average molecular weight is 435 g/mol. The van der Waals surface area contributed by atoms with Gasteiger partial charge in [-0.25, -0.2) is 9.98 Å². The fourth-order valence-corrected chi connectivity index (χ4v) is 4.98. The molecule has 3 aromatic heterocycles. The number of nitrogens with zero attached hydrogens (tertiary/aromatic N) is 4. The summed E-state index contributed by atoms with van der Waals surface area (Å²) in [6.45, 7) is 1.77. The molecule has 4 rings (SSSR count). The summed E-state index contributed by atoms with van der Waals surface area (Å²) in [5.74, 6) is 0. The second-order valence-electron chi connectivity index (χ2n) is 5.89. The van der Waals surface area contributed by atoms with Crippen LogP contribution in [0.25, 0.3) is 10.6 Å². The van der Waals surface area contributed by atoms with E-state index in [0.29, 0.717) is 10.0 Å². The van der Waals surface area contributed by atoms with Crippen molar-refractivity contribution in [3.05, 3.63) is 74.7 Å². The smallest absolute Gasteiger partial charge is 0.190 e. The first kappa shape index (κ1) is 18.5. The van der Waals surface area contributed by atoms with Crippen LogP contribution in [-0.2, 0) is 13.1 Å². The van der Waals surface area contributed by atoms with Crippen molar-refractivity contribution in [3.63, 3.8) is 0 Å². The number of thiazole rings is 1. The zero-order chi connectivity index (χ0) is 18.6. The topological polar surface area (TPSA) is 35.1 Å². The Bertz CT molecular complexity index is 1080. The highest BCUT2D eigenvalue weighted by molar-refractivity contribution is 7.14. The van der Waals surface area contributed by atoms with Gasteiger partial charge < -0.3 is 9.13 Å². The number of rotatable bonds is 6. The molecular weight excluding hydrogens is 419 g/mol. The van der Waals surface area contributed by atoms with Crippen LogP contribution in [0, 0.1) is 0 Å². The average Bonchev–Trinajstić information content (AvgIpc) is 3.40. The van der Waals surface area contributed by atoms with Gasteiger partial charge in [0.2, 0.25) is 0 Å². The van der Waals surface area contributed by atoms with Gasteiger partial charge in [-0.3, -0.25) is 0 Å². The summed E-state index contributed by atoms with van der Waals surface area (Å²) in [6.07, 6.45) is 6.61. The zero-order valence-corrected chi connectivity index (χ0v) is 17.4. The Kier molecular flexibility index (Phi) is 5.78. The van der Waals surface area contributed by atoms with E-state index >= 15 is 0 Å². The largest absolute Gasteiger partial charge is 0.337 e. The standard InChI is InChI=1S/C19H16Cl2N4S2/c20-14-4-5-16(15(21)11-14)23-19-25(8-2-7-24-9-6-22-13-24)17(12-27-19)18-3-1-10-26-18/h1,3-6,9-13H,2,7-8H2. The third-order valence-corrected chi connectivity index (χ3v) is 6.35. The maximum atomic E-state index is 6.32. The van der Waals surface area contributed by atoms with Crippen molar-refractivity contribution in [3.8, 4) is 10.6 Å². The molecule has 0 spiro atoms.